The van der Waals surface area contributed by atoms with E-state index in [0.717, 1.165) is 16.8 Å². The van der Waals surface area contributed by atoms with Crippen LogP contribution in [-0.4, -0.2) is 23.6 Å². The smallest absolute Gasteiger partial charge is 0.313 e. The summed E-state index contributed by atoms with van der Waals surface area (Å²) >= 11 is 1.54. The summed E-state index contributed by atoms with van der Waals surface area (Å²) in [4.78, 5) is 14.4. The van der Waals surface area contributed by atoms with Gasteiger partial charge in [0.25, 0.3) is 0 Å². The van der Waals surface area contributed by atoms with E-state index in [1.807, 2.05) is 12.3 Å². The van der Waals surface area contributed by atoms with Crippen molar-refractivity contribution in [3.05, 3.63) is 44.1 Å². The SMILES string of the molecule is COc1cc(NCCc2nc(C)cs2)c(F)cc1[N+](=O)[O-]. The van der Waals surface area contributed by atoms with Gasteiger partial charge in [0.2, 0.25) is 0 Å². The molecule has 1 N–H and O–H groups in total. The van der Waals surface area contributed by atoms with Gasteiger partial charge in [-0.15, -0.1) is 11.3 Å². The second-order valence-corrected chi connectivity index (χ2v) is 5.26. The third-order valence-corrected chi connectivity index (χ3v) is 3.81. The van der Waals surface area contributed by atoms with Crippen molar-refractivity contribution >= 4 is 22.7 Å². The number of rotatable bonds is 6. The van der Waals surface area contributed by atoms with Crippen LogP contribution in [0.25, 0.3) is 0 Å². The number of nitrogens with zero attached hydrogens (tertiary/aromatic N) is 2. The average molecular weight is 311 g/mol. The number of methoxy groups -OCH3 is 1. The number of hydrogen-bond donors (Lipinski definition) is 1. The molecule has 2 aromatic rings. The number of nitrogens with one attached hydrogen (secondary N) is 1. The molecular formula is C13H14FN3O3S. The molecule has 0 spiro atoms. The predicted molar refractivity (Wildman–Crippen MR) is 78.7 cm³/mol. The van der Waals surface area contributed by atoms with E-state index in [-0.39, 0.29) is 11.4 Å². The molecule has 6 nitrogen and oxygen atoms in total. The van der Waals surface area contributed by atoms with Crippen LogP contribution in [0.4, 0.5) is 15.8 Å². The number of aryl methyl sites for hydroxylation is 1. The summed E-state index contributed by atoms with van der Waals surface area (Å²) in [6.45, 7) is 2.39. The number of aromatic nitrogens is 1. The summed E-state index contributed by atoms with van der Waals surface area (Å²) < 4.78 is 18.7. The molecule has 1 aromatic carbocycles. The van der Waals surface area contributed by atoms with Crippen molar-refractivity contribution in [3.8, 4) is 5.75 Å². The van der Waals surface area contributed by atoms with Gasteiger partial charge >= 0.3 is 5.69 Å². The number of thiazole rings is 1. The van der Waals surface area contributed by atoms with E-state index in [1.54, 1.807) is 11.3 Å². The lowest BCUT2D eigenvalue weighted by Gasteiger charge is -2.09. The molecule has 0 aliphatic carbocycles. The fourth-order valence-electron chi connectivity index (χ4n) is 1.81. The van der Waals surface area contributed by atoms with E-state index in [4.69, 9.17) is 4.74 Å². The highest BCUT2D eigenvalue weighted by molar-refractivity contribution is 7.09. The fraction of sp³-hybridized carbons (Fsp3) is 0.308. The zero-order valence-electron chi connectivity index (χ0n) is 11.6. The van der Waals surface area contributed by atoms with Crippen LogP contribution in [0.2, 0.25) is 0 Å². The van der Waals surface area contributed by atoms with E-state index in [9.17, 15) is 14.5 Å². The van der Waals surface area contributed by atoms with E-state index in [1.165, 1.54) is 13.2 Å². The molecule has 0 saturated carbocycles. The standard InChI is InChI=1S/C13H14FN3O3S/c1-8-7-21-13(16-8)3-4-15-10-6-12(20-2)11(17(18)19)5-9(10)14/h5-7,15H,3-4H2,1-2H3. The van der Waals surface area contributed by atoms with E-state index in [2.05, 4.69) is 10.3 Å². The van der Waals surface area contributed by atoms with Crippen LogP contribution in [0, 0.1) is 22.9 Å². The molecule has 21 heavy (non-hydrogen) atoms. The number of ether oxygens (including phenoxy) is 1. The van der Waals surface area contributed by atoms with Gasteiger partial charge in [0.1, 0.15) is 0 Å². The Kier molecular flexibility index (Phi) is 4.69. The minimum absolute atomic E-state index is 0.0222. The molecule has 1 heterocycles. The molecule has 0 atom stereocenters. The first-order valence-corrected chi connectivity index (χ1v) is 7.06. The van der Waals surface area contributed by atoms with Crippen molar-refractivity contribution in [1.82, 2.24) is 4.98 Å². The summed E-state index contributed by atoms with van der Waals surface area (Å²) in [5.74, 6) is -0.660. The highest BCUT2D eigenvalue weighted by Crippen LogP contribution is 2.32. The molecule has 1 aromatic heterocycles. The van der Waals surface area contributed by atoms with Crippen molar-refractivity contribution in [3.63, 3.8) is 0 Å². The fourth-order valence-corrected chi connectivity index (χ4v) is 2.58. The Balaban J connectivity index is 2.07. The Morgan fingerprint density at radius 2 is 2.29 bits per heavy atom. The van der Waals surface area contributed by atoms with Gasteiger partial charge in [0.15, 0.2) is 11.6 Å². The van der Waals surface area contributed by atoms with Crippen LogP contribution in [-0.2, 0) is 6.42 Å². The summed E-state index contributed by atoms with van der Waals surface area (Å²) in [6.07, 6.45) is 0.650. The normalized spacial score (nSPS) is 10.4. The predicted octanol–water partition coefficient (Wildman–Crippen LogP) is 3.16. The summed E-state index contributed by atoms with van der Waals surface area (Å²) in [5, 5.41) is 16.6. The Morgan fingerprint density at radius 1 is 1.52 bits per heavy atom. The second kappa shape index (κ2) is 6.49. The molecule has 112 valence electrons. The minimum atomic E-state index is -0.683. The monoisotopic (exact) mass is 311 g/mol. The lowest BCUT2D eigenvalue weighted by atomic mass is 10.2. The maximum Gasteiger partial charge on any atom is 0.313 e. The molecule has 0 amide bonds. The quantitative estimate of drug-likeness (QED) is 0.655. The third kappa shape index (κ3) is 3.66. The molecule has 0 radical (unpaired) electrons. The number of halogens is 1. The maximum atomic E-state index is 13.8. The number of nitro groups is 1. The van der Waals surface area contributed by atoms with E-state index in [0.29, 0.717) is 13.0 Å². The zero-order chi connectivity index (χ0) is 15.4. The number of anilines is 1. The largest absolute Gasteiger partial charge is 0.490 e. The Labute approximate surface area is 124 Å². The number of nitro benzene ring substituents is 1. The molecule has 0 fully saturated rings. The van der Waals surface area contributed by atoms with Gasteiger partial charge in [-0.25, -0.2) is 9.37 Å². The summed E-state index contributed by atoms with van der Waals surface area (Å²) in [6, 6.07) is 2.15. The molecule has 0 unspecified atom stereocenters. The molecule has 0 aliphatic rings. The second-order valence-electron chi connectivity index (χ2n) is 4.32. The Hall–Kier alpha value is -2.22. The van der Waals surface area contributed by atoms with Gasteiger partial charge in [-0.05, 0) is 6.92 Å². The number of hydrogen-bond acceptors (Lipinski definition) is 6. The van der Waals surface area contributed by atoms with Gasteiger partial charge in [-0.2, -0.15) is 0 Å². The van der Waals surface area contributed by atoms with Crippen molar-refractivity contribution in [2.75, 3.05) is 19.0 Å². The van der Waals surface area contributed by atoms with Gasteiger partial charge < -0.3 is 10.1 Å². The average Bonchev–Trinajstić information content (AvgIpc) is 2.85. The summed E-state index contributed by atoms with van der Waals surface area (Å²) in [7, 11) is 1.31. The Bertz CT molecular complexity index is 660. The van der Waals surface area contributed by atoms with Crippen molar-refractivity contribution in [2.45, 2.75) is 13.3 Å². The highest BCUT2D eigenvalue weighted by Gasteiger charge is 2.19. The van der Waals surface area contributed by atoms with Crippen LogP contribution in [0.3, 0.4) is 0 Å². The first-order chi connectivity index (χ1) is 10.0. The van der Waals surface area contributed by atoms with Crippen LogP contribution in [0.5, 0.6) is 5.75 Å². The van der Waals surface area contributed by atoms with Crippen molar-refractivity contribution < 1.29 is 14.1 Å². The highest BCUT2D eigenvalue weighted by atomic mass is 32.1. The first-order valence-electron chi connectivity index (χ1n) is 6.18. The molecule has 0 saturated heterocycles. The molecule has 2 rings (SSSR count). The number of benzene rings is 1. The van der Waals surface area contributed by atoms with E-state index < -0.39 is 16.4 Å². The zero-order valence-corrected chi connectivity index (χ0v) is 12.4. The molecule has 8 heteroatoms. The Morgan fingerprint density at radius 3 is 2.86 bits per heavy atom. The van der Waals surface area contributed by atoms with Crippen molar-refractivity contribution in [1.29, 1.82) is 0 Å². The molecular weight excluding hydrogens is 297 g/mol. The van der Waals surface area contributed by atoms with Crippen LogP contribution in [0.15, 0.2) is 17.5 Å². The summed E-state index contributed by atoms with van der Waals surface area (Å²) in [5.41, 5.74) is 0.736. The minimum Gasteiger partial charge on any atom is -0.490 e. The maximum absolute atomic E-state index is 13.8. The van der Waals surface area contributed by atoms with Gasteiger partial charge in [-0.3, -0.25) is 10.1 Å². The van der Waals surface area contributed by atoms with Gasteiger partial charge in [0, 0.05) is 30.1 Å². The lowest BCUT2D eigenvalue weighted by molar-refractivity contribution is -0.385. The van der Waals surface area contributed by atoms with Gasteiger partial charge in [-0.1, -0.05) is 0 Å². The first kappa shape index (κ1) is 15.2. The van der Waals surface area contributed by atoms with Crippen LogP contribution in [0.1, 0.15) is 10.7 Å². The topological polar surface area (TPSA) is 77.3 Å². The molecule has 0 aliphatic heterocycles. The van der Waals surface area contributed by atoms with Crippen LogP contribution < -0.4 is 10.1 Å². The lowest BCUT2D eigenvalue weighted by Crippen LogP contribution is -2.07. The van der Waals surface area contributed by atoms with Gasteiger partial charge in [0.05, 0.1) is 28.8 Å². The third-order valence-electron chi connectivity index (χ3n) is 2.79. The van der Waals surface area contributed by atoms with E-state index >= 15 is 0 Å². The van der Waals surface area contributed by atoms with Crippen molar-refractivity contribution in [2.24, 2.45) is 0 Å². The molecule has 0 bridgehead atoms. The van der Waals surface area contributed by atoms with Crippen LogP contribution >= 0.6 is 11.3 Å².